The van der Waals surface area contributed by atoms with E-state index < -0.39 is 0 Å². The molecule has 194 valence electrons. The Morgan fingerprint density at radius 3 is 1.25 bits per heavy atom. The average molecular weight is 451 g/mol. The molecule has 0 heteroatoms. The highest BCUT2D eigenvalue weighted by atomic mass is 14.4. The Bertz CT molecular complexity index is 352. The molecule has 0 saturated heterocycles. The van der Waals surface area contributed by atoms with Crippen LogP contribution in [0.3, 0.4) is 0 Å². The summed E-state index contributed by atoms with van der Waals surface area (Å²) in [4.78, 5) is 0. The summed E-state index contributed by atoms with van der Waals surface area (Å²) in [6, 6.07) is 0. The van der Waals surface area contributed by atoms with Gasteiger partial charge < -0.3 is 0 Å². The third-order valence-corrected chi connectivity index (χ3v) is 8.95. The minimum Gasteiger partial charge on any atom is -0.0654 e. The Morgan fingerprint density at radius 1 is 0.438 bits per heavy atom. The molecule has 0 saturated carbocycles. The zero-order chi connectivity index (χ0) is 24.1. The molecule has 3 unspecified atom stereocenters. The van der Waals surface area contributed by atoms with Crippen LogP contribution in [0.2, 0.25) is 0 Å². The maximum Gasteiger partial charge on any atom is -0.0267 e. The van der Waals surface area contributed by atoms with Gasteiger partial charge in [-0.05, 0) is 42.4 Å². The molecule has 0 aliphatic heterocycles. The second-order valence-electron chi connectivity index (χ2n) is 11.3. The molecule has 3 atom stereocenters. The maximum atomic E-state index is 2.55. The molecule has 0 aromatic heterocycles. The zero-order valence-electron chi connectivity index (χ0n) is 24.1. The Labute approximate surface area is 206 Å². The van der Waals surface area contributed by atoms with Crippen molar-refractivity contribution >= 4 is 0 Å². The first-order valence-corrected chi connectivity index (χ1v) is 15.6. The molecule has 0 aromatic rings. The standard InChI is InChI=1S/C32H66/c1-8-15-18-19-20-21-22-23-26-31(13-6)32(14-7,27-29(11-4)24-16-9-2)28-30(12-5)25-17-10-3/h29-31H,8-28H2,1-7H3. The highest BCUT2D eigenvalue weighted by Crippen LogP contribution is 2.49. The van der Waals surface area contributed by atoms with Gasteiger partial charge in [0.2, 0.25) is 0 Å². The summed E-state index contributed by atoms with van der Waals surface area (Å²) in [6.07, 6.45) is 30.3. The minimum absolute atomic E-state index is 0.596. The molecule has 0 rings (SSSR count). The van der Waals surface area contributed by atoms with Crippen molar-refractivity contribution in [3.8, 4) is 0 Å². The van der Waals surface area contributed by atoms with Crippen molar-refractivity contribution in [2.24, 2.45) is 23.2 Å². The lowest BCUT2D eigenvalue weighted by molar-refractivity contribution is 0.0547. The smallest absolute Gasteiger partial charge is 0.0267 e. The molecular formula is C32H66. The Hall–Kier alpha value is 0. The van der Waals surface area contributed by atoms with Gasteiger partial charge in [-0.3, -0.25) is 0 Å². The number of rotatable bonds is 24. The van der Waals surface area contributed by atoms with E-state index >= 15 is 0 Å². The predicted octanol–water partition coefficient (Wildman–Crippen LogP) is 12.2. The molecule has 0 nitrogen and oxygen atoms in total. The quantitative estimate of drug-likeness (QED) is 0.128. The summed E-state index contributed by atoms with van der Waals surface area (Å²) in [5.41, 5.74) is 0.596. The molecule has 0 spiro atoms. The van der Waals surface area contributed by atoms with Gasteiger partial charge in [-0.2, -0.15) is 0 Å². The van der Waals surface area contributed by atoms with Crippen LogP contribution >= 0.6 is 0 Å². The fraction of sp³-hybridized carbons (Fsp3) is 1.00. The minimum atomic E-state index is 0.596. The molecule has 0 radical (unpaired) electrons. The first-order chi connectivity index (χ1) is 15.6. The second-order valence-corrected chi connectivity index (χ2v) is 11.3. The van der Waals surface area contributed by atoms with Gasteiger partial charge in [0, 0.05) is 0 Å². The van der Waals surface area contributed by atoms with E-state index in [0.717, 1.165) is 17.8 Å². The van der Waals surface area contributed by atoms with E-state index in [2.05, 4.69) is 48.5 Å². The van der Waals surface area contributed by atoms with E-state index in [0.29, 0.717) is 5.41 Å². The van der Waals surface area contributed by atoms with Crippen LogP contribution in [0, 0.1) is 23.2 Å². The molecule has 0 N–H and O–H groups in total. The summed E-state index contributed by atoms with van der Waals surface area (Å²) < 4.78 is 0. The van der Waals surface area contributed by atoms with Crippen molar-refractivity contribution in [2.75, 3.05) is 0 Å². The number of hydrogen-bond donors (Lipinski definition) is 0. The highest BCUT2D eigenvalue weighted by Gasteiger charge is 2.38. The summed E-state index contributed by atoms with van der Waals surface area (Å²) in [5, 5.41) is 0. The van der Waals surface area contributed by atoms with Gasteiger partial charge >= 0.3 is 0 Å². The summed E-state index contributed by atoms with van der Waals surface area (Å²) in [7, 11) is 0. The van der Waals surface area contributed by atoms with Crippen LogP contribution in [0.5, 0.6) is 0 Å². The largest absolute Gasteiger partial charge is 0.0654 e. The fourth-order valence-electron chi connectivity index (χ4n) is 6.50. The molecule has 0 heterocycles. The number of hydrogen-bond acceptors (Lipinski definition) is 0. The van der Waals surface area contributed by atoms with Crippen molar-refractivity contribution in [1.82, 2.24) is 0 Å². The van der Waals surface area contributed by atoms with E-state index in [1.54, 1.807) is 0 Å². The maximum absolute atomic E-state index is 2.55. The van der Waals surface area contributed by atoms with Crippen LogP contribution in [0.1, 0.15) is 183 Å². The molecule has 0 fully saturated rings. The van der Waals surface area contributed by atoms with Crippen molar-refractivity contribution in [1.29, 1.82) is 0 Å². The molecule has 0 aromatic carbocycles. The normalized spacial score (nSPS) is 16.6. The van der Waals surface area contributed by atoms with E-state index in [9.17, 15) is 0 Å². The SMILES string of the molecule is CCCCCCCCCCC(CC)C(CC)(CC(CC)CCCC)CC(CC)CCCC. The summed E-state index contributed by atoms with van der Waals surface area (Å²) in [6.45, 7) is 17.1. The van der Waals surface area contributed by atoms with Crippen molar-refractivity contribution in [3.63, 3.8) is 0 Å². The van der Waals surface area contributed by atoms with E-state index in [1.165, 1.54) is 135 Å². The van der Waals surface area contributed by atoms with E-state index in [1.807, 2.05) is 0 Å². The summed E-state index contributed by atoms with van der Waals surface area (Å²) >= 11 is 0. The van der Waals surface area contributed by atoms with Crippen molar-refractivity contribution in [3.05, 3.63) is 0 Å². The van der Waals surface area contributed by atoms with Crippen LogP contribution in [-0.2, 0) is 0 Å². The zero-order valence-corrected chi connectivity index (χ0v) is 24.1. The first-order valence-electron chi connectivity index (χ1n) is 15.6. The predicted molar refractivity (Wildman–Crippen MR) is 150 cm³/mol. The van der Waals surface area contributed by atoms with Crippen LogP contribution < -0.4 is 0 Å². The topological polar surface area (TPSA) is 0 Å². The molecule has 0 bridgehead atoms. The van der Waals surface area contributed by atoms with Gasteiger partial charge in [0.1, 0.15) is 0 Å². The second kappa shape index (κ2) is 21.5. The third kappa shape index (κ3) is 13.6. The lowest BCUT2D eigenvalue weighted by Crippen LogP contribution is -2.35. The van der Waals surface area contributed by atoms with Gasteiger partial charge in [0.25, 0.3) is 0 Å². The number of unbranched alkanes of at least 4 members (excludes halogenated alkanes) is 9. The van der Waals surface area contributed by atoms with Crippen molar-refractivity contribution in [2.45, 2.75) is 183 Å². The molecule has 0 aliphatic carbocycles. The van der Waals surface area contributed by atoms with Gasteiger partial charge in [-0.25, -0.2) is 0 Å². The van der Waals surface area contributed by atoms with E-state index in [-0.39, 0.29) is 0 Å². The Balaban J connectivity index is 5.18. The van der Waals surface area contributed by atoms with Crippen LogP contribution in [0.25, 0.3) is 0 Å². The average Bonchev–Trinajstić information content (AvgIpc) is 2.82. The highest BCUT2D eigenvalue weighted by molar-refractivity contribution is 4.89. The monoisotopic (exact) mass is 451 g/mol. The summed E-state index contributed by atoms with van der Waals surface area (Å²) in [5.74, 6) is 2.84. The lowest BCUT2D eigenvalue weighted by Gasteiger charge is -2.45. The van der Waals surface area contributed by atoms with Gasteiger partial charge in [0.15, 0.2) is 0 Å². The van der Waals surface area contributed by atoms with Crippen molar-refractivity contribution < 1.29 is 0 Å². The fourth-order valence-corrected chi connectivity index (χ4v) is 6.50. The van der Waals surface area contributed by atoms with E-state index in [4.69, 9.17) is 0 Å². The van der Waals surface area contributed by atoms with Gasteiger partial charge in [0.05, 0.1) is 0 Å². The third-order valence-electron chi connectivity index (χ3n) is 8.95. The van der Waals surface area contributed by atoms with Crippen LogP contribution in [0.15, 0.2) is 0 Å². The van der Waals surface area contributed by atoms with Gasteiger partial charge in [-0.1, -0.05) is 164 Å². The molecule has 0 aliphatic rings. The Morgan fingerprint density at radius 2 is 0.875 bits per heavy atom. The first kappa shape index (κ1) is 32.0. The van der Waals surface area contributed by atoms with Crippen LogP contribution in [0.4, 0.5) is 0 Å². The molecule has 0 amide bonds. The van der Waals surface area contributed by atoms with Gasteiger partial charge in [-0.15, -0.1) is 0 Å². The lowest BCUT2D eigenvalue weighted by atomic mass is 9.60. The Kier molecular flexibility index (Phi) is 21.5. The van der Waals surface area contributed by atoms with Crippen LogP contribution in [-0.4, -0.2) is 0 Å². The molecular weight excluding hydrogens is 384 g/mol. The molecule has 32 heavy (non-hydrogen) atoms.